The SMILES string of the molecule is CCCNC(Cc1ccc(CC)cc1)C1CSCCS1. The van der Waals surface area contributed by atoms with Crippen LogP contribution in [0.4, 0.5) is 0 Å². The lowest BCUT2D eigenvalue weighted by Gasteiger charge is -2.30. The Labute approximate surface area is 132 Å². The molecule has 1 aromatic carbocycles. The van der Waals surface area contributed by atoms with E-state index in [1.807, 2.05) is 0 Å². The van der Waals surface area contributed by atoms with Gasteiger partial charge in [-0.3, -0.25) is 0 Å². The van der Waals surface area contributed by atoms with Crippen LogP contribution < -0.4 is 5.32 Å². The number of hydrogen-bond acceptors (Lipinski definition) is 3. The molecule has 2 rings (SSSR count). The second-order valence-electron chi connectivity index (χ2n) is 5.42. The van der Waals surface area contributed by atoms with Crippen molar-refractivity contribution < 1.29 is 0 Å². The molecule has 0 aliphatic carbocycles. The molecule has 3 heteroatoms. The third-order valence-electron chi connectivity index (χ3n) is 3.83. The van der Waals surface area contributed by atoms with Gasteiger partial charge in [-0.05, 0) is 36.9 Å². The first-order valence-corrected chi connectivity index (χ1v) is 10.0. The maximum Gasteiger partial charge on any atom is 0.0295 e. The zero-order valence-electron chi connectivity index (χ0n) is 12.7. The Morgan fingerprint density at radius 2 is 1.90 bits per heavy atom. The number of aryl methyl sites for hydroxylation is 1. The Morgan fingerprint density at radius 3 is 2.50 bits per heavy atom. The first kappa shape index (κ1) is 16.3. The Hall–Kier alpha value is -0.120. The molecule has 0 radical (unpaired) electrons. The molecule has 0 saturated carbocycles. The summed E-state index contributed by atoms with van der Waals surface area (Å²) in [5.41, 5.74) is 2.92. The van der Waals surface area contributed by atoms with E-state index < -0.39 is 0 Å². The Kier molecular flexibility index (Phi) is 7.32. The molecule has 1 fully saturated rings. The Bertz CT molecular complexity index is 371. The van der Waals surface area contributed by atoms with Crippen molar-refractivity contribution in [2.24, 2.45) is 0 Å². The normalized spacial score (nSPS) is 20.8. The smallest absolute Gasteiger partial charge is 0.0295 e. The molecule has 0 aromatic heterocycles. The summed E-state index contributed by atoms with van der Waals surface area (Å²) in [5, 5.41) is 4.55. The van der Waals surface area contributed by atoms with Crippen molar-refractivity contribution in [1.29, 1.82) is 0 Å². The third-order valence-corrected chi connectivity index (χ3v) is 6.75. The Balaban J connectivity index is 1.97. The van der Waals surface area contributed by atoms with Gasteiger partial charge in [-0.2, -0.15) is 23.5 Å². The first-order valence-electron chi connectivity index (χ1n) is 7.84. The van der Waals surface area contributed by atoms with Crippen molar-refractivity contribution in [3.63, 3.8) is 0 Å². The summed E-state index contributed by atoms with van der Waals surface area (Å²) in [6.07, 6.45) is 3.52. The van der Waals surface area contributed by atoms with Crippen molar-refractivity contribution in [2.45, 2.75) is 44.4 Å². The summed E-state index contributed by atoms with van der Waals surface area (Å²) in [4.78, 5) is 0. The van der Waals surface area contributed by atoms with Crippen molar-refractivity contribution in [2.75, 3.05) is 23.8 Å². The molecule has 1 heterocycles. The fraction of sp³-hybridized carbons (Fsp3) is 0.647. The standard InChI is InChI=1S/C17H27NS2/c1-3-9-18-16(17-13-19-10-11-20-17)12-15-7-5-14(4-2)6-8-15/h5-8,16-18H,3-4,9-13H2,1-2H3. The molecule has 2 atom stereocenters. The van der Waals surface area contributed by atoms with Gasteiger partial charge in [0.1, 0.15) is 0 Å². The molecule has 112 valence electrons. The van der Waals surface area contributed by atoms with Crippen LogP contribution in [-0.2, 0) is 12.8 Å². The monoisotopic (exact) mass is 309 g/mol. The predicted molar refractivity (Wildman–Crippen MR) is 95.2 cm³/mol. The number of nitrogens with one attached hydrogen (secondary N) is 1. The van der Waals surface area contributed by atoms with Gasteiger partial charge in [0.15, 0.2) is 0 Å². The van der Waals surface area contributed by atoms with Crippen LogP contribution in [0.25, 0.3) is 0 Å². The minimum absolute atomic E-state index is 0.625. The molecule has 0 amide bonds. The molecule has 1 aromatic rings. The number of benzene rings is 1. The average Bonchev–Trinajstić information content (AvgIpc) is 2.53. The summed E-state index contributed by atoms with van der Waals surface area (Å²) < 4.78 is 0. The van der Waals surface area contributed by atoms with Crippen LogP contribution in [0.2, 0.25) is 0 Å². The molecule has 1 saturated heterocycles. The van der Waals surface area contributed by atoms with E-state index in [0.29, 0.717) is 6.04 Å². The maximum absolute atomic E-state index is 3.78. The van der Waals surface area contributed by atoms with E-state index in [4.69, 9.17) is 0 Å². The van der Waals surface area contributed by atoms with E-state index in [1.165, 1.54) is 41.2 Å². The van der Waals surface area contributed by atoms with Crippen LogP contribution >= 0.6 is 23.5 Å². The molecule has 1 aliphatic heterocycles. The van der Waals surface area contributed by atoms with Gasteiger partial charge in [-0.15, -0.1) is 0 Å². The molecule has 20 heavy (non-hydrogen) atoms. The molecule has 0 spiro atoms. The van der Waals surface area contributed by atoms with Gasteiger partial charge in [0.25, 0.3) is 0 Å². The molecule has 1 nitrogen and oxygen atoms in total. The highest BCUT2D eigenvalue weighted by molar-refractivity contribution is 8.06. The van der Waals surface area contributed by atoms with Crippen molar-refractivity contribution in [1.82, 2.24) is 5.32 Å². The van der Waals surface area contributed by atoms with Gasteiger partial charge in [-0.1, -0.05) is 38.1 Å². The lowest BCUT2D eigenvalue weighted by molar-refractivity contribution is 0.506. The number of thioether (sulfide) groups is 2. The first-order chi connectivity index (χ1) is 9.83. The van der Waals surface area contributed by atoms with Gasteiger partial charge in [0.05, 0.1) is 0 Å². The van der Waals surface area contributed by atoms with Gasteiger partial charge in [0, 0.05) is 28.6 Å². The van der Waals surface area contributed by atoms with E-state index in [2.05, 4.69) is 67.0 Å². The highest BCUT2D eigenvalue weighted by Crippen LogP contribution is 2.28. The third kappa shape index (κ3) is 5.01. The van der Waals surface area contributed by atoms with Crippen molar-refractivity contribution in [3.8, 4) is 0 Å². The lowest BCUT2D eigenvalue weighted by Crippen LogP contribution is -2.43. The van der Waals surface area contributed by atoms with Gasteiger partial charge in [0.2, 0.25) is 0 Å². The molecule has 1 N–H and O–H groups in total. The summed E-state index contributed by atoms with van der Waals surface area (Å²) in [7, 11) is 0. The van der Waals surface area contributed by atoms with Gasteiger partial charge >= 0.3 is 0 Å². The quantitative estimate of drug-likeness (QED) is 0.817. The zero-order chi connectivity index (χ0) is 14.2. The number of rotatable bonds is 7. The highest BCUT2D eigenvalue weighted by Gasteiger charge is 2.24. The highest BCUT2D eigenvalue weighted by atomic mass is 32.2. The topological polar surface area (TPSA) is 12.0 Å². The lowest BCUT2D eigenvalue weighted by atomic mass is 10.0. The summed E-state index contributed by atoms with van der Waals surface area (Å²) in [5.74, 6) is 3.94. The van der Waals surface area contributed by atoms with Crippen LogP contribution in [0, 0.1) is 0 Å². The van der Waals surface area contributed by atoms with Gasteiger partial charge in [-0.25, -0.2) is 0 Å². The van der Waals surface area contributed by atoms with E-state index >= 15 is 0 Å². The van der Waals surface area contributed by atoms with E-state index in [-0.39, 0.29) is 0 Å². The maximum atomic E-state index is 3.78. The minimum Gasteiger partial charge on any atom is -0.313 e. The van der Waals surface area contributed by atoms with E-state index in [1.54, 1.807) is 0 Å². The molecule has 0 bridgehead atoms. The van der Waals surface area contributed by atoms with Crippen molar-refractivity contribution in [3.05, 3.63) is 35.4 Å². The summed E-state index contributed by atoms with van der Waals surface area (Å²) >= 11 is 4.29. The fourth-order valence-electron chi connectivity index (χ4n) is 2.57. The average molecular weight is 310 g/mol. The van der Waals surface area contributed by atoms with Crippen LogP contribution in [0.3, 0.4) is 0 Å². The fourth-order valence-corrected chi connectivity index (χ4v) is 5.46. The Morgan fingerprint density at radius 1 is 1.15 bits per heavy atom. The second-order valence-corrected chi connectivity index (χ2v) is 7.92. The largest absolute Gasteiger partial charge is 0.313 e. The summed E-state index contributed by atoms with van der Waals surface area (Å²) in [6, 6.07) is 9.84. The second kappa shape index (κ2) is 9.01. The van der Waals surface area contributed by atoms with Crippen molar-refractivity contribution >= 4 is 23.5 Å². The minimum atomic E-state index is 0.625. The number of hydrogen-bond donors (Lipinski definition) is 1. The predicted octanol–water partition coefficient (Wildman–Crippen LogP) is 4.01. The molecular formula is C17H27NS2. The van der Waals surface area contributed by atoms with Crippen LogP contribution in [0.1, 0.15) is 31.4 Å². The van der Waals surface area contributed by atoms with Crippen LogP contribution in [-0.4, -0.2) is 35.1 Å². The zero-order valence-corrected chi connectivity index (χ0v) is 14.4. The van der Waals surface area contributed by atoms with Crippen LogP contribution in [0.15, 0.2) is 24.3 Å². The van der Waals surface area contributed by atoms with Crippen LogP contribution in [0.5, 0.6) is 0 Å². The molecule has 2 unspecified atom stereocenters. The molecular weight excluding hydrogens is 282 g/mol. The summed E-state index contributed by atoms with van der Waals surface area (Å²) in [6.45, 7) is 5.61. The van der Waals surface area contributed by atoms with E-state index in [9.17, 15) is 0 Å². The van der Waals surface area contributed by atoms with Gasteiger partial charge < -0.3 is 5.32 Å². The van der Waals surface area contributed by atoms with E-state index in [0.717, 1.165) is 18.2 Å². The molecule has 1 aliphatic rings.